The highest BCUT2D eigenvalue weighted by Gasteiger charge is 2.24. The van der Waals surface area contributed by atoms with Crippen LogP contribution in [0.1, 0.15) is 27.2 Å². The Balaban J connectivity index is 0.00000106. The maximum Gasteiger partial charge on any atom is 0.0733 e. The van der Waals surface area contributed by atoms with Crippen molar-refractivity contribution < 1.29 is 5.11 Å². The number of allylic oxidation sites excluding steroid dienone is 4. The summed E-state index contributed by atoms with van der Waals surface area (Å²) in [7, 11) is 0. The van der Waals surface area contributed by atoms with Crippen LogP contribution in [0.3, 0.4) is 0 Å². The molecule has 16 heavy (non-hydrogen) atoms. The summed E-state index contributed by atoms with van der Waals surface area (Å²) < 4.78 is 0. The fourth-order valence-corrected chi connectivity index (χ4v) is 1.78. The van der Waals surface area contributed by atoms with Gasteiger partial charge in [-0.1, -0.05) is 44.7 Å². The zero-order valence-corrected chi connectivity index (χ0v) is 10.7. The van der Waals surface area contributed by atoms with Crippen LogP contribution in [0.25, 0.3) is 0 Å². The molecular weight excluding hydrogens is 198 g/mol. The molecular formula is C14H25NO. The first-order valence-electron chi connectivity index (χ1n) is 6.13. The Hall–Kier alpha value is -0.860. The van der Waals surface area contributed by atoms with Crippen molar-refractivity contribution in [3.8, 4) is 0 Å². The van der Waals surface area contributed by atoms with E-state index in [1.807, 2.05) is 45.1 Å². The monoisotopic (exact) mass is 223 g/mol. The lowest BCUT2D eigenvalue weighted by Gasteiger charge is -2.29. The van der Waals surface area contributed by atoms with Crippen LogP contribution in [0.4, 0.5) is 0 Å². The summed E-state index contributed by atoms with van der Waals surface area (Å²) in [6.07, 6.45) is 8.56. The lowest BCUT2D eigenvalue weighted by atomic mass is 9.87. The summed E-state index contributed by atoms with van der Waals surface area (Å²) in [6.45, 7) is 11.4. The van der Waals surface area contributed by atoms with Crippen LogP contribution in [0.2, 0.25) is 0 Å². The molecule has 2 atom stereocenters. The number of hydrogen-bond acceptors (Lipinski definition) is 2. The van der Waals surface area contributed by atoms with Crippen LogP contribution in [-0.2, 0) is 0 Å². The van der Waals surface area contributed by atoms with E-state index in [4.69, 9.17) is 0 Å². The molecule has 0 aromatic carbocycles. The summed E-state index contributed by atoms with van der Waals surface area (Å²) in [5.41, 5.74) is 1.14. The summed E-state index contributed by atoms with van der Waals surface area (Å²) in [4.78, 5) is 0. The molecule has 1 aliphatic heterocycles. The first kappa shape index (κ1) is 15.1. The number of hydrogen-bond donors (Lipinski definition) is 2. The molecule has 0 saturated carbocycles. The van der Waals surface area contributed by atoms with Crippen molar-refractivity contribution in [2.24, 2.45) is 5.92 Å². The Labute approximate surface area is 99.8 Å². The molecule has 0 aliphatic carbocycles. The molecule has 0 aromatic heterocycles. The lowest BCUT2D eigenvalue weighted by molar-refractivity contribution is 0.101. The topological polar surface area (TPSA) is 32.3 Å². The third-order valence-corrected chi connectivity index (χ3v) is 2.60. The normalized spacial score (nSPS) is 26.1. The molecule has 0 unspecified atom stereocenters. The van der Waals surface area contributed by atoms with Gasteiger partial charge in [0.2, 0.25) is 0 Å². The Bertz CT molecular complexity index is 243. The average Bonchev–Trinajstić information content (AvgIpc) is 2.35. The predicted molar refractivity (Wildman–Crippen MR) is 71.4 cm³/mol. The fourth-order valence-electron chi connectivity index (χ4n) is 1.78. The minimum Gasteiger partial charge on any atom is -0.391 e. The van der Waals surface area contributed by atoms with Gasteiger partial charge in [0.05, 0.1) is 6.10 Å². The van der Waals surface area contributed by atoms with E-state index in [1.165, 1.54) is 0 Å². The van der Waals surface area contributed by atoms with Crippen LogP contribution < -0.4 is 5.32 Å². The molecule has 0 aromatic rings. The second kappa shape index (κ2) is 9.37. The maximum absolute atomic E-state index is 9.79. The number of rotatable bonds is 3. The van der Waals surface area contributed by atoms with Crippen LogP contribution in [0.15, 0.2) is 36.5 Å². The van der Waals surface area contributed by atoms with Gasteiger partial charge in [0.15, 0.2) is 0 Å². The van der Waals surface area contributed by atoms with Crippen molar-refractivity contribution in [1.29, 1.82) is 0 Å². The van der Waals surface area contributed by atoms with Crippen molar-refractivity contribution in [3.63, 3.8) is 0 Å². The highest BCUT2D eigenvalue weighted by molar-refractivity contribution is 5.26. The standard InChI is InChI=1S/C12H19NO.C2H6/c1-3-5-6-10(4-2)11-7-8-13-9-12(11)14;1-2/h3-6,11-14H,2,7-9H2,1H3;1-2H3/b5-3-,10-6+;/t11-,12+;/m0./s1. The molecule has 2 N–H and O–H groups in total. The summed E-state index contributed by atoms with van der Waals surface area (Å²) in [6, 6.07) is 0. The second-order valence-electron chi connectivity index (χ2n) is 3.56. The van der Waals surface area contributed by atoms with Gasteiger partial charge in [0.1, 0.15) is 0 Å². The molecule has 0 radical (unpaired) electrons. The van der Waals surface area contributed by atoms with E-state index in [9.17, 15) is 5.11 Å². The van der Waals surface area contributed by atoms with Gasteiger partial charge in [-0.25, -0.2) is 0 Å². The smallest absolute Gasteiger partial charge is 0.0733 e. The molecule has 2 nitrogen and oxygen atoms in total. The van der Waals surface area contributed by atoms with Gasteiger partial charge in [-0.2, -0.15) is 0 Å². The molecule has 92 valence electrons. The zero-order valence-electron chi connectivity index (χ0n) is 10.7. The molecule has 1 fully saturated rings. The average molecular weight is 223 g/mol. The van der Waals surface area contributed by atoms with Crippen LogP contribution in [0.5, 0.6) is 0 Å². The number of aliphatic hydroxyl groups is 1. The van der Waals surface area contributed by atoms with Gasteiger partial charge < -0.3 is 10.4 Å². The minimum absolute atomic E-state index is 0.241. The van der Waals surface area contributed by atoms with E-state index in [-0.39, 0.29) is 12.0 Å². The quantitative estimate of drug-likeness (QED) is 0.721. The first-order valence-corrected chi connectivity index (χ1v) is 6.13. The zero-order chi connectivity index (χ0) is 12.4. The van der Waals surface area contributed by atoms with Crippen molar-refractivity contribution in [1.82, 2.24) is 5.32 Å². The van der Waals surface area contributed by atoms with Crippen molar-refractivity contribution in [2.75, 3.05) is 13.1 Å². The van der Waals surface area contributed by atoms with E-state index in [0.29, 0.717) is 6.54 Å². The molecule has 2 heteroatoms. The SMILES string of the molecule is C=C/C(=C\C=C/C)[C@@H]1CCNC[C@H]1O.CC. The van der Waals surface area contributed by atoms with Gasteiger partial charge >= 0.3 is 0 Å². The Kier molecular flexibility index (Phi) is 8.87. The van der Waals surface area contributed by atoms with Crippen molar-refractivity contribution in [2.45, 2.75) is 33.3 Å². The highest BCUT2D eigenvalue weighted by atomic mass is 16.3. The van der Waals surface area contributed by atoms with Crippen LogP contribution in [0, 0.1) is 5.92 Å². The van der Waals surface area contributed by atoms with Crippen LogP contribution >= 0.6 is 0 Å². The number of piperidine rings is 1. The van der Waals surface area contributed by atoms with E-state index >= 15 is 0 Å². The number of nitrogens with one attached hydrogen (secondary N) is 1. The van der Waals surface area contributed by atoms with E-state index in [0.717, 1.165) is 18.5 Å². The molecule has 1 aliphatic rings. The predicted octanol–water partition coefficient (Wildman–Crippen LogP) is 2.67. The second-order valence-corrected chi connectivity index (χ2v) is 3.56. The number of β-amino-alcohol motifs (C(OH)–C–C–N with tert-alkyl or cyclic N) is 1. The van der Waals surface area contributed by atoms with Gasteiger partial charge in [-0.15, -0.1) is 0 Å². The van der Waals surface area contributed by atoms with Crippen molar-refractivity contribution >= 4 is 0 Å². The Morgan fingerprint density at radius 1 is 1.44 bits per heavy atom. The molecule has 1 rings (SSSR count). The Morgan fingerprint density at radius 3 is 2.62 bits per heavy atom. The molecule has 0 bridgehead atoms. The molecule has 0 amide bonds. The molecule has 0 spiro atoms. The van der Waals surface area contributed by atoms with E-state index in [2.05, 4.69) is 11.9 Å². The summed E-state index contributed by atoms with van der Waals surface area (Å²) >= 11 is 0. The van der Waals surface area contributed by atoms with Crippen molar-refractivity contribution in [3.05, 3.63) is 36.5 Å². The van der Waals surface area contributed by atoms with Gasteiger partial charge in [0.25, 0.3) is 0 Å². The summed E-state index contributed by atoms with van der Waals surface area (Å²) in [5, 5.41) is 13.0. The molecule has 1 heterocycles. The Morgan fingerprint density at radius 2 is 2.12 bits per heavy atom. The number of aliphatic hydroxyl groups excluding tert-OH is 1. The maximum atomic E-state index is 9.79. The largest absolute Gasteiger partial charge is 0.391 e. The third kappa shape index (κ3) is 4.77. The van der Waals surface area contributed by atoms with E-state index in [1.54, 1.807) is 0 Å². The lowest BCUT2D eigenvalue weighted by Crippen LogP contribution is -2.41. The van der Waals surface area contributed by atoms with Crippen LogP contribution in [-0.4, -0.2) is 24.3 Å². The van der Waals surface area contributed by atoms with Gasteiger partial charge in [0, 0.05) is 12.5 Å². The van der Waals surface area contributed by atoms with Gasteiger partial charge in [-0.3, -0.25) is 0 Å². The molecule has 1 saturated heterocycles. The fraction of sp³-hybridized carbons (Fsp3) is 0.571. The first-order chi connectivity index (χ1) is 7.79. The summed E-state index contributed by atoms with van der Waals surface area (Å²) in [5.74, 6) is 0.241. The van der Waals surface area contributed by atoms with E-state index < -0.39 is 0 Å². The third-order valence-electron chi connectivity index (χ3n) is 2.60. The van der Waals surface area contributed by atoms with Gasteiger partial charge in [-0.05, 0) is 25.5 Å². The highest BCUT2D eigenvalue weighted by Crippen LogP contribution is 2.22. The minimum atomic E-state index is -0.279.